The summed E-state index contributed by atoms with van der Waals surface area (Å²) in [6, 6.07) is 9.22. The highest BCUT2D eigenvalue weighted by Gasteiger charge is 2.16. The lowest BCUT2D eigenvalue weighted by molar-refractivity contribution is 0.274. The van der Waals surface area contributed by atoms with Gasteiger partial charge in [-0.3, -0.25) is 0 Å². The lowest BCUT2D eigenvalue weighted by atomic mass is 9.83. The van der Waals surface area contributed by atoms with Crippen molar-refractivity contribution in [3.05, 3.63) is 35.4 Å². The maximum atomic E-state index is 9.09. The Hall–Kier alpha value is -0.820. The van der Waals surface area contributed by atoms with Gasteiger partial charge in [-0.15, -0.1) is 0 Å². The van der Waals surface area contributed by atoms with Crippen molar-refractivity contribution in [1.82, 2.24) is 0 Å². The fourth-order valence-electron chi connectivity index (χ4n) is 3.24. The zero-order valence-corrected chi connectivity index (χ0v) is 11.6. The van der Waals surface area contributed by atoms with Crippen LogP contribution in [0.1, 0.15) is 74.8 Å². The van der Waals surface area contributed by atoms with Crippen molar-refractivity contribution in [2.24, 2.45) is 0 Å². The third-order valence-corrected chi connectivity index (χ3v) is 4.45. The SMILES string of the molecule is CCC(CCO)c1ccc(C2CCCCC2)cc1. The van der Waals surface area contributed by atoms with Gasteiger partial charge in [0.1, 0.15) is 0 Å². The van der Waals surface area contributed by atoms with E-state index in [1.54, 1.807) is 0 Å². The third-order valence-electron chi connectivity index (χ3n) is 4.45. The molecule has 0 amide bonds. The van der Waals surface area contributed by atoms with Crippen LogP contribution in [-0.2, 0) is 0 Å². The van der Waals surface area contributed by atoms with Gasteiger partial charge >= 0.3 is 0 Å². The molecule has 1 aromatic carbocycles. The van der Waals surface area contributed by atoms with Gasteiger partial charge in [0.15, 0.2) is 0 Å². The third kappa shape index (κ3) is 3.35. The molecule has 0 aromatic heterocycles. The van der Waals surface area contributed by atoms with E-state index in [2.05, 4.69) is 31.2 Å². The fourth-order valence-corrected chi connectivity index (χ4v) is 3.24. The molecule has 0 radical (unpaired) electrons. The molecule has 1 saturated carbocycles. The van der Waals surface area contributed by atoms with Gasteiger partial charge < -0.3 is 5.11 Å². The Morgan fingerprint density at radius 3 is 2.33 bits per heavy atom. The van der Waals surface area contributed by atoms with E-state index in [-0.39, 0.29) is 0 Å². The minimum atomic E-state index is 0.295. The molecule has 2 rings (SSSR count). The van der Waals surface area contributed by atoms with Crippen molar-refractivity contribution in [1.29, 1.82) is 0 Å². The van der Waals surface area contributed by atoms with Gasteiger partial charge in [-0.25, -0.2) is 0 Å². The van der Waals surface area contributed by atoms with Crippen LogP contribution in [0.25, 0.3) is 0 Å². The molecule has 1 aliphatic carbocycles. The first kappa shape index (κ1) is 13.6. The van der Waals surface area contributed by atoms with Crippen molar-refractivity contribution >= 4 is 0 Å². The molecule has 1 aliphatic rings. The van der Waals surface area contributed by atoms with Crippen molar-refractivity contribution in [3.63, 3.8) is 0 Å². The molecule has 0 bridgehead atoms. The van der Waals surface area contributed by atoms with Crippen molar-refractivity contribution < 1.29 is 5.11 Å². The average Bonchev–Trinajstić information content (AvgIpc) is 2.46. The van der Waals surface area contributed by atoms with Crippen LogP contribution in [0.5, 0.6) is 0 Å². The highest BCUT2D eigenvalue weighted by molar-refractivity contribution is 5.28. The Kier molecular flexibility index (Phi) is 5.25. The molecule has 1 heteroatoms. The molecular weight excluding hydrogens is 220 g/mol. The van der Waals surface area contributed by atoms with Gasteiger partial charge in [0.2, 0.25) is 0 Å². The molecule has 1 fully saturated rings. The predicted octanol–water partition coefficient (Wildman–Crippen LogP) is 4.61. The Morgan fingerprint density at radius 1 is 1.11 bits per heavy atom. The van der Waals surface area contributed by atoms with Crippen molar-refractivity contribution in [3.8, 4) is 0 Å². The van der Waals surface area contributed by atoms with Crippen LogP contribution < -0.4 is 0 Å². The second-order valence-electron chi connectivity index (χ2n) is 5.62. The van der Waals surface area contributed by atoms with E-state index in [0.29, 0.717) is 12.5 Å². The minimum absolute atomic E-state index is 0.295. The highest BCUT2D eigenvalue weighted by Crippen LogP contribution is 2.33. The summed E-state index contributed by atoms with van der Waals surface area (Å²) in [7, 11) is 0. The number of rotatable bonds is 5. The van der Waals surface area contributed by atoms with Gasteiger partial charge in [0.25, 0.3) is 0 Å². The van der Waals surface area contributed by atoms with Crippen molar-refractivity contribution in [2.45, 2.75) is 63.7 Å². The largest absolute Gasteiger partial charge is 0.396 e. The molecule has 1 N–H and O–H groups in total. The van der Waals surface area contributed by atoms with E-state index in [4.69, 9.17) is 5.11 Å². The van der Waals surface area contributed by atoms with Crippen LogP contribution in [0, 0.1) is 0 Å². The zero-order chi connectivity index (χ0) is 12.8. The van der Waals surface area contributed by atoms with Gasteiger partial charge in [0, 0.05) is 6.61 Å². The van der Waals surface area contributed by atoms with Crippen LogP contribution in [0.15, 0.2) is 24.3 Å². The van der Waals surface area contributed by atoms with E-state index >= 15 is 0 Å². The number of aliphatic hydroxyl groups is 1. The second-order valence-corrected chi connectivity index (χ2v) is 5.62. The smallest absolute Gasteiger partial charge is 0.0436 e. The maximum absolute atomic E-state index is 9.09. The maximum Gasteiger partial charge on any atom is 0.0436 e. The van der Waals surface area contributed by atoms with E-state index in [0.717, 1.165) is 18.8 Å². The Balaban J connectivity index is 2.03. The Bertz CT molecular complexity index is 311. The van der Waals surface area contributed by atoms with E-state index in [1.165, 1.54) is 43.2 Å². The molecule has 1 nitrogen and oxygen atoms in total. The molecule has 100 valence electrons. The average molecular weight is 246 g/mol. The summed E-state index contributed by atoms with van der Waals surface area (Å²) in [4.78, 5) is 0. The summed E-state index contributed by atoms with van der Waals surface area (Å²) < 4.78 is 0. The van der Waals surface area contributed by atoms with E-state index < -0.39 is 0 Å². The highest BCUT2D eigenvalue weighted by atomic mass is 16.3. The predicted molar refractivity (Wildman–Crippen MR) is 77.0 cm³/mol. The molecule has 1 aromatic rings. The minimum Gasteiger partial charge on any atom is -0.396 e. The van der Waals surface area contributed by atoms with Crippen LogP contribution in [0.2, 0.25) is 0 Å². The first-order valence-corrected chi connectivity index (χ1v) is 7.56. The standard InChI is InChI=1S/C17H26O/c1-2-14(12-13-18)16-8-10-17(11-9-16)15-6-4-3-5-7-15/h8-11,14-15,18H,2-7,12-13H2,1H3. The van der Waals surface area contributed by atoms with Crippen molar-refractivity contribution in [2.75, 3.05) is 6.61 Å². The summed E-state index contributed by atoms with van der Waals surface area (Å²) in [5.41, 5.74) is 2.92. The van der Waals surface area contributed by atoms with Gasteiger partial charge in [-0.2, -0.15) is 0 Å². The lowest BCUT2D eigenvalue weighted by Crippen LogP contribution is -2.05. The van der Waals surface area contributed by atoms with E-state index in [1.807, 2.05) is 0 Å². The molecule has 0 spiro atoms. The summed E-state index contributed by atoms with van der Waals surface area (Å²) >= 11 is 0. The normalized spacial score (nSPS) is 18.8. The molecule has 1 atom stereocenters. The summed E-state index contributed by atoms with van der Waals surface area (Å²) in [6.07, 6.45) is 8.95. The number of hydrogen-bond donors (Lipinski definition) is 1. The van der Waals surface area contributed by atoms with Crippen LogP contribution >= 0.6 is 0 Å². The van der Waals surface area contributed by atoms with Crippen LogP contribution in [0.3, 0.4) is 0 Å². The lowest BCUT2D eigenvalue weighted by Gasteiger charge is -2.22. The second kappa shape index (κ2) is 6.94. The molecule has 18 heavy (non-hydrogen) atoms. The summed E-state index contributed by atoms with van der Waals surface area (Å²) in [5.74, 6) is 1.32. The monoisotopic (exact) mass is 246 g/mol. The molecule has 0 heterocycles. The summed E-state index contributed by atoms with van der Waals surface area (Å²) in [6.45, 7) is 2.50. The molecule has 0 saturated heterocycles. The van der Waals surface area contributed by atoms with Gasteiger partial charge in [-0.05, 0) is 48.6 Å². The van der Waals surface area contributed by atoms with Crippen LogP contribution in [-0.4, -0.2) is 11.7 Å². The first-order valence-electron chi connectivity index (χ1n) is 7.56. The molecule has 0 aliphatic heterocycles. The van der Waals surface area contributed by atoms with E-state index in [9.17, 15) is 0 Å². The number of hydrogen-bond acceptors (Lipinski definition) is 1. The van der Waals surface area contributed by atoms with Gasteiger partial charge in [-0.1, -0.05) is 50.5 Å². The topological polar surface area (TPSA) is 20.2 Å². The fraction of sp³-hybridized carbons (Fsp3) is 0.647. The van der Waals surface area contributed by atoms with Crippen LogP contribution in [0.4, 0.5) is 0 Å². The Labute approximate surface area is 111 Å². The summed E-state index contributed by atoms with van der Waals surface area (Å²) in [5, 5.41) is 9.09. The van der Waals surface area contributed by atoms with Gasteiger partial charge in [0.05, 0.1) is 0 Å². The Morgan fingerprint density at radius 2 is 1.78 bits per heavy atom. The molecular formula is C17H26O. The zero-order valence-electron chi connectivity index (χ0n) is 11.6. The quantitative estimate of drug-likeness (QED) is 0.804. The number of aliphatic hydroxyl groups excluding tert-OH is 1. The molecule has 1 unspecified atom stereocenters. The first-order chi connectivity index (χ1) is 8.85. The number of benzene rings is 1.